The molecule has 1 rings (SSSR count). The number of hydrogen-bond donors (Lipinski definition) is 2. The van der Waals surface area contributed by atoms with Gasteiger partial charge >= 0.3 is 5.97 Å². The summed E-state index contributed by atoms with van der Waals surface area (Å²) < 4.78 is 5.57. The summed E-state index contributed by atoms with van der Waals surface area (Å²) in [6.45, 7) is 8.36. The van der Waals surface area contributed by atoms with Crippen LogP contribution in [0.5, 0.6) is 5.75 Å². The lowest BCUT2D eigenvalue weighted by Crippen LogP contribution is -2.37. The lowest BCUT2D eigenvalue weighted by molar-refractivity contribution is -0.140. The number of aliphatic carboxylic acids is 1. The molecule has 118 valence electrons. The fraction of sp³-hybridized carbons (Fsp3) is 0.562. The average Bonchev–Trinajstić information content (AvgIpc) is 2.36. The highest BCUT2D eigenvalue weighted by atomic mass is 35.5. The number of carboxylic acid groups (broad SMARTS) is 1. The van der Waals surface area contributed by atoms with E-state index in [4.69, 9.17) is 16.3 Å². The Labute approximate surface area is 131 Å². The minimum Gasteiger partial charge on any atom is -0.489 e. The summed E-state index contributed by atoms with van der Waals surface area (Å²) in [5.74, 6) is 0.144. The number of hydrogen-bond acceptors (Lipinski definition) is 3. The topological polar surface area (TPSA) is 58.6 Å². The van der Waals surface area contributed by atoms with Gasteiger partial charge in [0, 0.05) is 6.54 Å². The maximum atomic E-state index is 11.2. The molecular formula is C16H24ClNO3. The van der Waals surface area contributed by atoms with Crippen LogP contribution in [0.2, 0.25) is 5.02 Å². The molecule has 0 bridgehead atoms. The molecular weight excluding hydrogens is 290 g/mol. The second kappa shape index (κ2) is 8.25. The third-order valence-corrected chi connectivity index (χ3v) is 3.21. The average molecular weight is 314 g/mol. The Morgan fingerprint density at radius 2 is 2.00 bits per heavy atom. The van der Waals surface area contributed by atoms with E-state index in [1.54, 1.807) is 6.07 Å². The first-order valence-electron chi connectivity index (χ1n) is 7.20. The summed E-state index contributed by atoms with van der Waals surface area (Å²) in [4.78, 5) is 11.2. The Bertz CT molecular complexity index is 475. The van der Waals surface area contributed by atoms with E-state index >= 15 is 0 Å². The van der Waals surface area contributed by atoms with Crippen molar-refractivity contribution in [1.82, 2.24) is 5.32 Å². The molecule has 1 aromatic carbocycles. The summed E-state index contributed by atoms with van der Waals surface area (Å²) in [6.07, 6.45) is 0.659. The highest BCUT2D eigenvalue weighted by Crippen LogP contribution is 2.26. The highest BCUT2D eigenvalue weighted by molar-refractivity contribution is 6.32. The molecule has 0 aliphatic rings. The maximum absolute atomic E-state index is 11.2. The van der Waals surface area contributed by atoms with Crippen LogP contribution in [0.1, 0.15) is 39.7 Å². The number of benzene rings is 1. The number of halogens is 1. The van der Waals surface area contributed by atoms with Gasteiger partial charge in [0.15, 0.2) is 0 Å². The van der Waals surface area contributed by atoms with Crippen molar-refractivity contribution in [2.24, 2.45) is 5.92 Å². The molecule has 0 aliphatic heterocycles. The molecule has 0 spiro atoms. The van der Waals surface area contributed by atoms with Crippen molar-refractivity contribution >= 4 is 17.6 Å². The standard InChI is InChI=1S/C16H24ClNO3/c1-10(2)7-14(16(19)20)18-9-12-5-6-15(13(17)8-12)21-11(3)4/h5-6,8,10-11,14,18H,7,9H2,1-4H3,(H,19,20). The van der Waals surface area contributed by atoms with E-state index in [2.05, 4.69) is 5.32 Å². The third-order valence-electron chi connectivity index (χ3n) is 2.92. The lowest BCUT2D eigenvalue weighted by Gasteiger charge is -2.17. The third kappa shape index (κ3) is 6.36. The van der Waals surface area contributed by atoms with Crippen LogP contribution in [0, 0.1) is 5.92 Å². The molecule has 0 heterocycles. The summed E-state index contributed by atoms with van der Waals surface area (Å²) in [7, 11) is 0. The van der Waals surface area contributed by atoms with E-state index in [0.717, 1.165) is 5.56 Å². The van der Waals surface area contributed by atoms with Crippen molar-refractivity contribution in [2.45, 2.75) is 52.8 Å². The predicted molar refractivity (Wildman–Crippen MR) is 84.9 cm³/mol. The van der Waals surface area contributed by atoms with Crippen molar-refractivity contribution in [1.29, 1.82) is 0 Å². The van der Waals surface area contributed by atoms with Gasteiger partial charge in [-0.3, -0.25) is 4.79 Å². The van der Waals surface area contributed by atoms with Crippen LogP contribution in [0.3, 0.4) is 0 Å². The van der Waals surface area contributed by atoms with Crippen LogP contribution in [-0.4, -0.2) is 23.2 Å². The number of carboxylic acids is 1. The highest BCUT2D eigenvalue weighted by Gasteiger charge is 2.18. The molecule has 0 fully saturated rings. The van der Waals surface area contributed by atoms with Crippen LogP contribution < -0.4 is 10.1 Å². The van der Waals surface area contributed by atoms with Gasteiger partial charge < -0.3 is 15.2 Å². The predicted octanol–water partition coefficient (Wildman–Crippen LogP) is 3.72. The lowest BCUT2D eigenvalue weighted by atomic mass is 10.0. The molecule has 1 aromatic rings. The van der Waals surface area contributed by atoms with Gasteiger partial charge in [-0.15, -0.1) is 0 Å². The van der Waals surface area contributed by atoms with E-state index in [1.165, 1.54) is 0 Å². The monoisotopic (exact) mass is 313 g/mol. The zero-order valence-corrected chi connectivity index (χ0v) is 13.8. The van der Waals surface area contributed by atoms with Crippen molar-refractivity contribution in [2.75, 3.05) is 0 Å². The van der Waals surface area contributed by atoms with Crippen LogP contribution in [-0.2, 0) is 11.3 Å². The van der Waals surface area contributed by atoms with Gasteiger partial charge in [0.2, 0.25) is 0 Å². The first-order chi connectivity index (χ1) is 9.79. The smallest absolute Gasteiger partial charge is 0.320 e. The molecule has 1 atom stereocenters. The number of ether oxygens (including phenoxy) is 1. The van der Waals surface area contributed by atoms with E-state index in [9.17, 15) is 9.90 Å². The van der Waals surface area contributed by atoms with E-state index < -0.39 is 12.0 Å². The van der Waals surface area contributed by atoms with Gasteiger partial charge in [-0.25, -0.2) is 0 Å². The molecule has 0 radical (unpaired) electrons. The molecule has 0 amide bonds. The summed E-state index contributed by atoms with van der Waals surface area (Å²) >= 11 is 6.17. The molecule has 0 aliphatic carbocycles. The van der Waals surface area contributed by atoms with Crippen molar-refractivity contribution < 1.29 is 14.6 Å². The normalized spacial score (nSPS) is 12.7. The minimum atomic E-state index is -0.824. The Balaban J connectivity index is 2.66. The van der Waals surface area contributed by atoms with Crippen molar-refractivity contribution in [3.63, 3.8) is 0 Å². The largest absolute Gasteiger partial charge is 0.489 e. The second-order valence-corrected chi connectivity index (χ2v) is 6.24. The fourth-order valence-corrected chi connectivity index (χ4v) is 2.24. The van der Waals surface area contributed by atoms with Gasteiger partial charge in [-0.2, -0.15) is 0 Å². The second-order valence-electron chi connectivity index (χ2n) is 5.83. The molecule has 0 saturated heterocycles. The van der Waals surface area contributed by atoms with Gasteiger partial charge in [0.05, 0.1) is 11.1 Å². The first-order valence-corrected chi connectivity index (χ1v) is 7.58. The summed E-state index contributed by atoms with van der Waals surface area (Å²) in [6, 6.07) is 4.97. The van der Waals surface area contributed by atoms with Crippen molar-refractivity contribution in [3.05, 3.63) is 28.8 Å². The molecule has 0 saturated carbocycles. The van der Waals surface area contributed by atoms with Gasteiger partial charge in [-0.05, 0) is 43.9 Å². The van der Waals surface area contributed by atoms with E-state index in [-0.39, 0.29) is 6.10 Å². The van der Waals surface area contributed by atoms with Gasteiger partial charge in [0.25, 0.3) is 0 Å². The van der Waals surface area contributed by atoms with Crippen molar-refractivity contribution in [3.8, 4) is 5.75 Å². The first kappa shape index (κ1) is 17.8. The van der Waals surface area contributed by atoms with E-state index in [1.807, 2.05) is 39.8 Å². The van der Waals surface area contributed by atoms with Crippen LogP contribution in [0.4, 0.5) is 0 Å². The molecule has 1 unspecified atom stereocenters. The van der Waals surface area contributed by atoms with E-state index in [0.29, 0.717) is 29.7 Å². The Kier molecular flexibility index (Phi) is 6.99. The zero-order valence-electron chi connectivity index (χ0n) is 13.0. The van der Waals surface area contributed by atoms with Gasteiger partial charge in [-0.1, -0.05) is 31.5 Å². The number of nitrogens with one attached hydrogen (secondary N) is 1. The number of carbonyl (C=O) groups is 1. The Morgan fingerprint density at radius 1 is 1.33 bits per heavy atom. The number of rotatable bonds is 8. The van der Waals surface area contributed by atoms with Crippen LogP contribution in [0.25, 0.3) is 0 Å². The van der Waals surface area contributed by atoms with Gasteiger partial charge in [0.1, 0.15) is 11.8 Å². The molecule has 2 N–H and O–H groups in total. The SMILES string of the molecule is CC(C)CC(NCc1ccc(OC(C)C)c(Cl)c1)C(=O)O. The summed E-state index contributed by atoms with van der Waals surface area (Å²) in [5, 5.41) is 12.8. The Morgan fingerprint density at radius 3 is 2.48 bits per heavy atom. The molecule has 21 heavy (non-hydrogen) atoms. The molecule has 5 heteroatoms. The maximum Gasteiger partial charge on any atom is 0.320 e. The fourth-order valence-electron chi connectivity index (χ4n) is 1.99. The van der Waals surface area contributed by atoms with Crippen LogP contribution in [0.15, 0.2) is 18.2 Å². The quantitative estimate of drug-likeness (QED) is 0.768. The van der Waals surface area contributed by atoms with Crippen LogP contribution >= 0.6 is 11.6 Å². The molecule has 4 nitrogen and oxygen atoms in total. The molecule has 0 aromatic heterocycles. The minimum absolute atomic E-state index is 0.0638. The summed E-state index contributed by atoms with van der Waals surface area (Å²) in [5.41, 5.74) is 0.936. The Hall–Kier alpha value is -1.26. The zero-order chi connectivity index (χ0) is 16.0.